The third kappa shape index (κ3) is 3.75. The summed E-state index contributed by atoms with van der Waals surface area (Å²) in [5, 5.41) is 0.924. The van der Waals surface area contributed by atoms with Gasteiger partial charge < -0.3 is 14.4 Å². The Labute approximate surface area is 172 Å². The van der Waals surface area contributed by atoms with Crippen LogP contribution in [-0.2, 0) is 4.74 Å². The van der Waals surface area contributed by atoms with Crippen molar-refractivity contribution in [1.29, 1.82) is 0 Å². The number of pyridine rings is 1. The molecule has 2 aromatic carbocycles. The second-order valence-electron chi connectivity index (χ2n) is 6.84. The summed E-state index contributed by atoms with van der Waals surface area (Å²) in [6.07, 6.45) is -0.121. The Morgan fingerprint density at radius 2 is 2.00 bits per heavy atom. The van der Waals surface area contributed by atoms with Gasteiger partial charge >= 0.3 is 0 Å². The predicted octanol–water partition coefficient (Wildman–Crippen LogP) is 4.53. The van der Waals surface area contributed by atoms with E-state index in [-0.39, 0.29) is 12.0 Å². The zero-order chi connectivity index (χ0) is 19.7. The molecule has 4 rings (SSSR count). The second kappa shape index (κ2) is 7.89. The maximum atomic E-state index is 13.2. The summed E-state index contributed by atoms with van der Waals surface area (Å²) in [4.78, 5) is 19.7. The summed E-state index contributed by atoms with van der Waals surface area (Å²) in [7, 11) is 1.63. The summed E-state index contributed by atoms with van der Waals surface area (Å²) in [6, 6.07) is 15.7. The van der Waals surface area contributed by atoms with Gasteiger partial charge in [-0.2, -0.15) is 0 Å². The van der Waals surface area contributed by atoms with Crippen LogP contribution >= 0.6 is 15.9 Å². The number of hydrogen-bond acceptors (Lipinski definition) is 4. The van der Waals surface area contributed by atoms with Crippen molar-refractivity contribution in [3.63, 3.8) is 0 Å². The van der Waals surface area contributed by atoms with Crippen LogP contribution in [0.15, 0.2) is 53.0 Å². The zero-order valence-electron chi connectivity index (χ0n) is 15.8. The summed E-state index contributed by atoms with van der Waals surface area (Å²) in [5.41, 5.74) is 3.25. The standard InChI is InChI=1S/C22H21BrN2O3/c1-14-19(11-16-5-8-18(27-2)12-20(16)24-14)22(26)25-9-10-28-21(13-25)15-3-6-17(23)7-4-15/h3-8,11-12,21H,9-10,13H2,1-2H3. The molecule has 0 N–H and O–H groups in total. The number of methoxy groups -OCH3 is 1. The number of halogens is 1. The van der Waals surface area contributed by atoms with Gasteiger partial charge in [0.25, 0.3) is 5.91 Å². The topological polar surface area (TPSA) is 51.7 Å². The van der Waals surface area contributed by atoms with Gasteiger partial charge in [0.1, 0.15) is 11.9 Å². The van der Waals surface area contributed by atoms with Gasteiger partial charge in [-0.3, -0.25) is 9.78 Å². The van der Waals surface area contributed by atoms with Crippen LogP contribution < -0.4 is 4.74 Å². The van der Waals surface area contributed by atoms with E-state index < -0.39 is 0 Å². The number of nitrogens with zero attached hydrogens (tertiary/aromatic N) is 2. The van der Waals surface area contributed by atoms with E-state index in [1.807, 2.05) is 60.4 Å². The molecule has 0 bridgehead atoms. The van der Waals surface area contributed by atoms with Crippen molar-refractivity contribution < 1.29 is 14.3 Å². The number of hydrogen-bond donors (Lipinski definition) is 0. The number of ether oxygens (including phenoxy) is 2. The van der Waals surface area contributed by atoms with Crippen molar-refractivity contribution in [2.75, 3.05) is 26.8 Å². The Bertz CT molecular complexity index is 1020. The Balaban J connectivity index is 1.59. The maximum Gasteiger partial charge on any atom is 0.255 e. The third-order valence-electron chi connectivity index (χ3n) is 5.04. The van der Waals surface area contributed by atoms with Gasteiger partial charge in [-0.05, 0) is 42.8 Å². The number of morpholine rings is 1. The zero-order valence-corrected chi connectivity index (χ0v) is 17.4. The highest BCUT2D eigenvalue weighted by Crippen LogP contribution is 2.27. The maximum absolute atomic E-state index is 13.2. The van der Waals surface area contributed by atoms with Crippen molar-refractivity contribution in [1.82, 2.24) is 9.88 Å². The van der Waals surface area contributed by atoms with E-state index in [1.54, 1.807) is 7.11 Å². The fraction of sp³-hybridized carbons (Fsp3) is 0.273. The monoisotopic (exact) mass is 440 g/mol. The number of rotatable bonds is 3. The molecule has 144 valence electrons. The smallest absolute Gasteiger partial charge is 0.255 e. The van der Waals surface area contributed by atoms with Crippen LogP contribution in [0.2, 0.25) is 0 Å². The van der Waals surface area contributed by atoms with Crippen molar-refractivity contribution in [2.24, 2.45) is 0 Å². The van der Waals surface area contributed by atoms with Gasteiger partial charge in [0, 0.05) is 22.5 Å². The molecule has 28 heavy (non-hydrogen) atoms. The molecule has 5 nitrogen and oxygen atoms in total. The molecule has 1 aliphatic rings. The normalized spacial score (nSPS) is 17.0. The quantitative estimate of drug-likeness (QED) is 0.600. The van der Waals surface area contributed by atoms with E-state index in [0.29, 0.717) is 25.3 Å². The average molecular weight is 441 g/mol. The minimum Gasteiger partial charge on any atom is -0.497 e. The SMILES string of the molecule is COc1ccc2cc(C(=O)N3CCOC(c4ccc(Br)cc4)C3)c(C)nc2c1. The molecule has 3 aromatic rings. The third-order valence-corrected chi connectivity index (χ3v) is 5.57. The van der Waals surface area contributed by atoms with E-state index in [1.165, 1.54) is 0 Å². The van der Waals surface area contributed by atoms with Crippen molar-refractivity contribution >= 4 is 32.7 Å². The van der Waals surface area contributed by atoms with E-state index in [9.17, 15) is 4.79 Å². The highest BCUT2D eigenvalue weighted by atomic mass is 79.9. The van der Waals surface area contributed by atoms with E-state index in [4.69, 9.17) is 9.47 Å². The molecule has 6 heteroatoms. The molecule has 0 saturated carbocycles. The summed E-state index contributed by atoms with van der Waals surface area (Å²) in [5.74, 6) is 0.747. The molecule has 0 spiro atoms. The number of amides is 1. The molecule has 1 saturated heterocycles. The lowest BCUT2D eigenvalue weighted by molar-refractivity contribution is -0.0228. The fourth-order valence-electron chi connectivity index (χ4n) is 3.47. The van der Waals surface area contributed by atoms with E-state index >= 15 is 0 Å². The van der Waals surface area contributed by atoms with Gasteiger partial charge in [0.2, 0.25) is 0 Å². The summed E-state index contributed by atoms with van der Waals surface area (Å²) >= 11 is 3.45. The van der Waals surface area contributed by atoms with Crippen LogP contribution in [0.3, 0.4) is 0 Å². The number of aromatic nitrogens is 1. The summed E-state index contributed by atoms with van der Waals surface area (Å²) in [6.45, 7) is 3.50. The van der Waals surface area contributed by atoms with Gasteiger partial charge in [-0.25, -0.2) is 0 Å². The fourth-order valence-corrected chi connectivity index (χ4v) is 3.73. The minimum atomic E-state index is -0.121. The molecule has 0 radical (unpaired) electrons. The summed E-state index contributed by atoms with van der Waals surface area (Å²) < 4.78 is 12.2. The minimum absolute atomic E-state index is 0.00636. The molecular formula is C22H21BrN2O3. The lowest BCUT2D eigenvalue weighted by Gasteiger charge is -2.33. The molecule has 0 aliphatic carbocycles. The van der Waals surface area contributed by atoms with E-state index in [2.05, 4.69) is 20.9 Å². The Morgan fingerprint density at radius 3 is 2.75 bits per heavy atom. The largest absolute Gasteiger partial charge is 0.497 e. The van der Waals surface area contributed by atoms with Crippen LogP contribution in [0.4, 0.5) is 0 Å². The number of aryl methyl sites for hydroxylation is 1. The Kier molecular flexibility index (Phi) is 5.33. The van der Waals surface area contributed by atoms with Crippen molar-refractivity contribution in [3.8, 4) is 5.75 Å². The Hall–Kier alpha value is -2.44. The van der Waals surface area contributed by atoms with Crippen molar-refractivity contribution in [3.05, 3.63) is 69.8 Å². The first-order valence-corrected chi connectivity index (χ1v) is 9.96. The highest BCUT2D eigenvalue weighted by molar-refractivity contribution is 9.10. The molecule has 1 unspecified atom stereocenters. The predicted molar refractivity (Wildman–Crippen MR) is 112 cm³/mol. The van der Waals surface area contributed by atoms with Gasteiger partial charge in [-0.15, -0.1) is 0 Å². The van der Waals surface area contributed by atoms with E-state index in [0.717, 1.165) is 32.4 Å². The van der Waals surface area contributed by atoms with Crippen LogP contribution in [0.5, 0.6) is 5.75 Å². The van der Waals surface area contributed by atoms with Crippen LogP contribution in [0, 0.1) is 6.92 Å². The second-order valence-corrected chi connectivity index (χ2v) is 7.76. The van der Waals surface area contributed by atoms with Crippen LogP contribution in [-0.4, -0.2) is 42.6 Å². The van der Waals surface area contributed by atoms with Gasteiger partial charge in [0.15, 0.2) is 0 Å². The number of carbonyl (C=O) groups is 1. The lowest BCUT2D eigenvalue weighted by atomic mass is 10.1. The lowest BCUT2D eigenvalue weighted by Crippen LogP contribution is -2.42. The molecule has 1 amide bonds. The first kappa shape index (κ1) is 18.9. The van der Waals surface area contributed by atoms with Gasteiger partial charge in [0.05, 0.1) is 37.0 Å². The Morgan fingerprint density at radius 1 is 1.21 bits per heavy atom. The average Bonchev–Trinajstić information content (AvgIpc) is 2.73. The molecule has 1 aromatic heterocycles. The number of carbonyl (C=O) groups excluding carboxylic acids is 1. The molecular weight excluding hydrogens is 420 g/mol. The number of benzene rings is 2. The molecule has 1 aliphatic heterocycles. The van der Waals surface area contributed by atoms with Crippen LogP contribution in [0.25, 0.3) is 10.9 Å². The molecule has 1 atom stereocenters. The van der Waals surface area contributed by atoms with Crippen molar-refractivity contribution in [2.45, 2.75) is 13.0 Å². The van der Waals surface area contributed by atoms with Gasteiger partial charge in [-0.1, -0.05) is 28.1 Å². The highest BCUT2D eigenvalue weighted by Gasteiger charge is 2.27. The molecule has 1 fully saturated rings. The first-order chi connectivity index (χ1) is 13.5. The first-order valence-electron chi connectivity index (χ1n) is 9.17. The molecule has 2 heterocycles. The number of fused-ring (bicyclic) bond motifs is 1. The van der Waals surface area contributed by atoms with Crippen LogP contribution in [0.1, 0.15) is 27.7 Å².